The maximum atomic E-state index is 12.1. The van der Waals surface area contributed by atoms with E-state index >= 15 is 0 Å². The average Bonchev–Trinajstić information content (AvgIpc) is 3.17. The molecule has 3 N–H and O–H groups in total. The fourth-order valence-corrected chi connectivity index (χ4v) is 6.34. The number of benzene rings is 2. The highest BCUT2D eigenvalue weighted by molar-refractivity contribution is 7.70. The molecule has 0 radical (unpaired) electrons. The normalized spacial score (nSPS) is 18.3. The van der Waals surface area contributed by atoms with Gasteiger partial charge in [0.25, 0.3) is 0 Å². The zero-order chi connectivity index (χ0) is 26.0. The van der Waals surface area contributed by atoms with Crippen LogP contribution in [0.3, 0.4) is 0 Å². The summed E-state index contributed by atoms with van der Waals surface area (Å²) in [6, 6.07) is 15.8. The topological polar surface area (TPSA) is 102 Å². The second-order valence-corrected chi connectivity index (χ2v) is 13.5. The van der Waals surface area contributed by atoms with Crippen molar-refractivity contribution in [2.75, 3.05) is 37.9 Å². The molecule has 1 atom stereocenters. The smallest absolute Gasteiger partial charge is 0.152 e. The molecule has 0 saturated carbocycles. The Bertz CT molecular complexity index is 1380. The zero-order valence-corrected chi connectivity index (χ0v) is 22.2. The lowest BCUT2D eigenvalue weighted by Crippen LogP contribution is -2.45. The third-order valence-electron chi connectivity index (χ3n) is 7.61. The van der Waals surface area contributed by atoms with Gasteiger partial charge in [0.05, 0.1) is 12.8 Å². The van der Waals surface area contributed by atoms with Crippen LogP contribution in [-0.4, -0.2) is 48.1 Å². The highest BCUT2D eigenvalue weighted by Gasteiger charge is 2.46. The summed E-state index contributed by atoms with van der Waals surface area (Å²) in [6.07, 6.45) is 4.62. The van der Waals surface area contributed by atoms with Crippen molar-refractivity contribution in [2.24, 2.45) is 11.1 Å². The van der Waals surface area contributed by atoms with E-state index in [-0.39, 0.29) is 24.7 Å². The molecule has 3 aromatic rings. The molecule has 1 aliphatic heterocycles. The van der Waals surface area contributed by atoms with Crippen molar-refractivity contribution in [1.82, 2.24) is 9.97 Å². The van der Waals surface area contributed by atoms with Crippen molar-refractivity contribution >= 4 is 18.3 Å². The molecule has 1 spiro atoms. The van der Waals surface area contributed by atoms with Gasteiger partial charge in [-0.1, -0.05) is 30.2 Å². The molecule has 0 unspecified atom stereocenters. The Balaban J connectivity index is 1.20. The zero-order valence-electron chi connectivity index (χ0n) is 21.4. The highest BCUT2D eigenvalue weighted by Crippen LogP contribution is 2.51. The Morgan fingerprint density at radius 1 is 1.16 bits per heavy atom. The predicted octanol–water partition coefficient (Wildman–Crippen LogP) is 3.49. The summed E-state index contributed by atoms with van der Waals surface area (Å²) in [5.41, 5.74) is 10.5. The molecule has 1 saturated heterocycles. The second kappa shape index (κ2) is 10.3. The molecule has 1 fully saturated rings. The van der Waals surface area contributed by atoms with Gasteiger partial charge >= 0.3 is 0 Å². The van der Waals surface area contributed by atoms with Crippen LogP contribution in [0.2, 0.25) is 0 Å². The number of nitrogens with two attached hydrogens (primary N) is 1. The largest absolute Gasteiger partial charge is 0.481 e. The van der Waals surface area contributed by atoms with E-state index in [1.165, 1.54) is 11.1 Å². The number of ether oxygens (including phenoxy) is 1. The van der Waals surface area contributed by atoms with Crippen LogP contribution in [-0.2, 0) is 17.6 Å². The minimum atomic E-state index is -2.28. The first kappa shape index (κ1) is 25.5. The van der Waals surface area contributed by atoms with E-state index in [0.717, 1.165) is 37.7 Å². The molecule has 7 nitrogen and oxygen atoms in total. The number of nitrogens with zero attached hydrogens (tertiary/aromatic N) is 3. The molecule has 2 aliphatic rings. The summed E-state index contributed by atoms with van der Waals surface area (Å²) in [6.45, 7) is 5.12. The number of hydrogen-bond donors (Lipinski definition) is 2. The maximum absolute atomic E-state index is 12.1. The van der Waals surface area contributed by atoms with Crippen molar-refractivity contribution in [3.8, 4) is 17.6 Å². The number of aliphatic hydroxyl groups excluding tert-OH is 1. The van der Waals surface area contributed by atoms with Gasteiger partial charge in [-0.05, 0) is 79.3 Å². The van der Waals surface area contributed by atoms with Crippen molar-refractivity contribution in [2.45, 2.75) is 31.9 Å². The summed E-state index contributed by atoms with van der Waals surface area (Å²) in [5.74, 6) is 7.30. The molecule has 5 rings (SSSR count). The first-order chi connectivity index (χ1) is 17.8. The van der Waals surface area contributed by atoms with Crippen LogP contribution < -0.4 is 20.7 Å². The summed E-state index contributed by atoms with van der Waals surface area (Å²) >= 11 is 0. The van der Waals surface area contributed by atoms with E-state index in [9.17, 15) is 9.67 Å². The maximum Gasteiger partial charge on any atom is 0.152 e. The molecular weight excluding hydrogens is 483 g/mol. The molecule has 2 heterocycles. The van der Waals surface area contributed by atoms with Gasteiger partial charge in [0.15, 0.2) is 5.82 Å². The number of hydrogen-bond acceptors (Lipinski definition) is 7. The standard InChI is InChI=1S/C29H33N4O3P/c1-37(2,35)24-11-9-23(10-12-24)36-17-5-7-22-19-31-28(26(20-34)32-22)33-15-13-29(14-16-33)18-21-6-3-4-8-25(21)27(29)30/h3-4,6,8-12,19,27,34H,13-18,20,30H2,1-2H3/t27-/m1/s1. The van der Waals surface area contributed by atoms with Crippen LogP contribution in [0.25, 0.3) is 0 Å². The number of anilines is 1. The molecule has 0 bridgehead atoms. The quantitative estimate of drug-likeness (QED) is 0.395. The summed E-state index contributed by atoms with van der Waals surface area (Å²) in [7, 11) is -2.28. The minimum Gasteiger partial charge on any atom is -0.481 e. The van der Waals surface area contributed by atoms with E-state index < -0.39 is 7.14 Å². The van der Waals surface area contributed by atoms with E-state index in [4.69, 9.17) is 10.5 Å². The lowest BCUT2D eigenvalue weighted by atomic mass is 9.73. The lowest BCUT2D eigenvalue weighted by molar-refractivity contribution is 0.186. The van der Waals surface area contributed by atoms with E-state index in [2.05, 4.69) is 51.0 Å². The van der Waals surface area contributed by atoms with Crippen molar-refractivity contribution in [3.05, 3.63) is 77.2 Å². The first-order valence-electron chi connectivity index (χ1n) is 12.6. The van der Waals surface area contributed by atoms with Crippen LogP contribution in [0, 0.1) is 17.3 Å². The SMILES string of the molecule is CP(C)(=O)c1ccc(OCC#Cc2cnc(N3CCC4(CC3)Cc3ccccc3[C@H]4N)c(CO)n2)cc1. The Hall–Kier alpha value is -3.17. The van der Waals surface area contributed by atoms with Crippen LogP contribution in [0.4, 0.5) is 5.82 Å². The molecule has 1 aromatic heterocycles. The van der Waals surface area contributed by atoms with Crippen LogP contribution in [0.5, 0.6) is 5.75 Å². The Morgan fingerprint density at radius 3 is 2.57 bits per heavy atom. The third-order valence-corrected chi connectivity index (χ3v) is 9.15. The molecule has 0 amide bonds. The van der Waals surface area contributed by atoms with Gasteiger partial charge in [0.1, 0.15) is 30.9 Å². The monoisotopic (exact) mass is 516 g/mol. The first-order valence-corrected chi connectivity index (χ1v) is 15.2. The number of rotatable bonds is 5. The van der Waals surface area contributed by atoms with Crippen LogP contribution >= 0.6 is 7.14 Å². The molecule has 192 valence electrons. The van der Waals surface area contributed by atoms with Gasteiger partial charge in [-0.3, -0.25) is 0 Å². The number of aliphatic hydroxyl groups is 1. The fourth-order valence-electron chi connectivity index (χ4n) is 5.47. The molecule has 8 heteroatoms. The van der Waals surface area contributed by atoms with E-state index in [0.29, 0.717) is 23.0 Å². The summed E-state index contributed by atoms with van der Waals surface area (Å²) in [4.78, 5) is 11.4. The van der Waals surface area contributed by atoms with Gasteiger partial charge in [-0.25, -0.2) is 9.97 Å². The van der Waals surface area contributed by atoms with Gasteiger partial charge in [-0.15, -0.1) is 0 Å². The van der Waals surface area contributed by atoms with Gasteiger partial charge in [0.2, 0.25) is 0 Å². The van der Waals surface area contributed by atoms with Crippen molar-refractivity contribution in [3.63, 3.8) is 0 Å². The average molecular weight is 517 g/mol. The van der Waals surface area contributed by atoms with Crippen molar-refractivity contribution in [1.29, 1.82) is 0 Å². The molecular formula is C29H33N4O3P. The Labute approximate surface area is 218 Å². The Morgan fingerprint density at radius 2 is 1.89 bits per heavy atom. The van der Waals surface area contributed by atoms with Gasteiger partial charge in [0, 0.05) is 24.4 Å². The summed E-state index contributed by atoms with van der Waals surface area (Å²) < 4.78 is 17.8. The second-order valence-electron chi connectivity index (χ2n) is 10.3. The van der Waals surface area contributed by atoms with E-state index in [1.54, 1.807) is 31.7 Å². The molecule has 37 heavy (non-hydrogen) atoms. The van der Waals surface area contributed by atoms with Crippen molar-refractivity contribution < 1.29 is 14.4 Å². The third kappa shape index (κ3) is 5.29. The Kier molecular flexibility index (Phi) is 7.09. The highest BCUT2D eigenvalue weighted by atomic mass is 31.2. The molecule has 1 aliphatic carbocycles. The lowest BCUT2D eigenvalue weighted by Gasteiger charge is -2.42. The fraction of sp³-hybridized carbons (Fsp3) is 0.379. The number of aromatic nitrogens is 2. The van der Waals surface area contributed by atoms with Gasteiger partial charge < -0.3 is 25.0 Å². The number of piperidine rings is 1. The number of fused-ring (bicyclic) bond motifs is 1. The minimum absolute atomic E-state index is 0.0621. The van der Waals surface area contributed by atoms with Crippen LogP contribution in [0.1, 0.15) is 41.4 Å². The van der Waals surface area contributed by atoms with Gasteiger partial charge in [-0.2, -0.15) is 0 Å². The summed E-state index contributed by atoms with van der Waals surface area (Å²) in [5, 5.41) is 10.8. The van der Waals surface area contributed by atoms with E-state index in [1.807, 2.05) is 12.1 Å². The molecule has 2 aromatic carbocycles. The van der Waals surface area contributed by atoms with Crippen LogP contribution in [0.15, 0.2) is 54.7 Å². The predicted molar refractivity (Wildman–Crippen MR) is 147 cm³/mol.